The van der Waals surface area contributed by atoms with Gasteiger partial charge >= 0.3 is 0 Å². The lowest BCUT2D eigenvalue weighted by atomic mass is 10.00. The summed E-state index contributed by atoms with van der Waals surface area (Å²) in [5, 5.41) is 3.06. The van der Waals surface area contributed by atoms with Crippen LogP contribution in [0.15, 0.2) is 24.3 Å². The zero-order chi connectivity index (χ0) is 16.1. The number of nitrogens with zero attached hydrogens (tertiary/aromatic N) is 1. The van der Waals surface area contributed by atoms with Gasteiger partial charge in [0.15, 0.2) is 0 Å². The van der Waals surface area contributed by atoms with E-state index in [1.165, 1.54) is 31.4 Å². The molecular weight excluding hydrogens is 357 g/mol. The lowest BCUT2D eigenvalue weighted by molar-refractivity contribution is -0.117. The molecule has 0 spiro atoms. The number of hydrogen-bond acceptors (Lipinski definition) is 3. The fourth-order valence-electron chi connectivity index (χ4n) is 3.88. The molecule has 0 aromatic heterocycles. The second-order valence-corrected chi connectivity index (χ2v) is 7.06. The first-order chi connectivity index (χ1) is 11.2. The molecule has 25 heavy (non-hydrogen) atoms. The van der Waals surface area contributed by atoms with Crippen molar-refractivity contribution in [3.63, 3.8) is 0 Å². The smallest absolute Gasteiger partial charge is 0.224 e. The van der Waals surface area contributed by atoms with Crippen molar-refractivity contribution in [3.8, 4) is 0 Å². The van der Waals surface area contributed by atoms with Gasteiger partial charge in [0.1, 0.15) is 0 Å². The van der Waals surface area contributed by atoms with E-state index in [-0.39, 0.29) is 36.8 Å². The molecule has 2 fully saturated rings. The minimum atomic E-state index is 0. The molecule has 4 nitrogen and oxygen atoms in total. The number of rotatable bonds is 4. The number of hydrogen-bond donors (Lipinski definition) is 2. The van der Waals surface area contributed by atoms with E-state index in [9.17, 15) is 4.79 Å². The normalized spacial score (nSPS) is 23.2. The summed E-state index contributed by atoms with van der Waals surface area (Å²) in [6.45, 7) is 2.24. The third kappa shape index (κ3) is 6.36. The molecule has 3 rings (SSSR count). The Balaban J connectivity index is 0.00000156. The predicted molar refractivity (Wildman–Crippen MR) is 110 cm³/mol. The summed E-state index contributed by atoms with van der Waals surface area (Å²) >= 11 is 0. The molecular formula is C19H31Cl2N3O. The van der Waals surface area contributed by atoms with Crippen molar-refractivity contribution in [2.75, 3.05) is 23.3 Å². The lowest BCUT2D eigenvalue weighted by Gasteiger charge is -2.23. The van der Waals surface area contributed by atoms with Crippen molar-refractivity contribution in [2.45, 2.75) is 57.4 Å². The van der Waals surface area contributed by atoms with Crippen LogP contribution in [-0.2, 0) is 4.79 Å². The van der Waals surface area contributed by atoms with Gasteiger partial charge in [0.25, 0.3) is 0 Å². The highest BCUT2D eigenvalue weighted by Gasteiger charge is 2.26. The molecule has 1 heterocycles. The van der Waals surface area contributed by atoms with Crippen molar-refractivity contribution in [1.82, 2.24) is 0 Å². The van der Waals surface area contributed by atoms with Gasteiger partial charge in [-0.25, -0.2) is 0 Å². The molecule has 1 aromatic rings. The maximum absolute atomic E-state index is 12.3. The maximum atomic E-state index is 12.3. The largest absolute Gasteiger partial charge is 0.371 e. The second-order valence-electron chi connectivity index (χ2n) is 7.06. The number of nitrogens with one attached hydrogen (secondary N) is 1. The van der Waals surface area contributed by atoms with Crippen molar-refractivity contribution in [1.29, 1.82) is 0 Å². The van der Waals surface area contributed by atoms with E-state index in [1.54, 1.807) is 0 Å². The molecule has 1 aliphatic carbocycles. The van der Waals surface area contributed by atoms with Gasteiger partial charge in [0, 0.05) is 36.9 Å². The van der Waals surface area contributed by atoms with Crippen LogP contribution >= 0.6 is 24.8 Å². The first kappa shape index (κ1) is 22.1. The standard InChI is InChI=1S/C19H29N3O.2ClH/c20-18-10-5-7-15(18)13-19(23)21-16-8-6-9-17(14-16)22-11-3-1-2-4-12-22;;/h6,8-9,14-15,18H,1-5,7,10-13,20H2,(H,21,23);2*1H/t15-,18+;;/m0../s1. The van der Waals surface area contributed by atoms with Crippen LogP contribution in [0.5, 0.6) is 0 Å². The summed E-state index contributed by atoms with van der Waals surface area (Å²) in [6, 6.07) is 8.47. The van der Waals surface area contributed by atoms with E-state index >= 15 is 0 Å². The first-order valence-corrected chi connectivity index (χ1v) is 9.13. The average Bonchev–Trinajstić information content (AvgIpc) is 2.79. The number of halogens is 2. The molecule has 1 amide bonds. The van der Waals surface area contributed by atoms with Crippen LogP contribution in [0.25, 0.3) is 0 Å². The van der Waals surface area contributed by atoms with E-state index in [1.807, 2.05) is 12.1 Å². The summed E-state index contributed by atoms with van der Waals surface area (Å²) < 4.78 is 0. The molecule has 2 atom stereocenters. The third-order valence-electron chi connectivity index (χ3n) is 5.27. The van der Waals surface area contributed by atoms with Crippen LogP contribution in [0.2, 0.25) is 0 Å². The summed E-state index contributed by atoms with van der Waals surface area (Å²) in [4.78, 5) is 14.7. The molecule has 1 aromatic carbocycles. The molecule has 1 aliphatic heterocycles. The van der Waals surface area contributed by atoms with Gasteiger partial charge in [-0.2, -0.15) is 0 Å². The van der Waals surface area contributed by atoms with Crippen LogP contribution < -0.4 is 16.0 Å². The van der Waals surface area contributed by atoms with E-state index in [0.29, 0.717) is 12.3 Å². The Kier molecular flexibility index (Phi) is 9.62. The Bertz CT molecular complexity index is 533. The minimum Gasteiger partial charge on any atom is -0.371 e. The first-order valence-electron chi connectivity index (χ1n) is 9.13. The Morgan fingerprint density at radius 2 is 1.80 bits per heavy atom. The number of carbonyl (C=O) groups excluding carboxylic acids is 1. The van der Waals surface area contributed by atoms with Gasteiger partial charge in [0.2, 0.25) is 5.91 Å². The number of carbonyl (C=O) groups is 1. The number of anilines is 2. The number of amides is 1. The van der Waals surface area contributed by atoms with Crippen molar-refractivity contribution in [3.05, 3.63) is 24.3 Å². The van der Waals surface area contributed by atoms with Gasteiger partial charge in [-0.15, -0.1) is 24.8 Å². The van der Waals surface area contributed by atoms with Gasteiger partial charge in [-0.05, 0) is 49.8 Å². The summed E-state index contributed by atoms with van der Waals surface area (Å²) in [7, 11) is 0. The Hall–Kier alpha value is -0.970. The SMILES string of the molecule is Cl.Cl.N[C@@H]1CCC[C@H]1CC(=O)Nc1cccc(N2CCCCCC2)c1. The Labute approximate surface area is 163 Å². The fraction of sp³-hybridized carbons (Fsp3) is 0.632. The molecule has 142 valence electrons. The average molecular weight is 388 g/mol. The van der Waals surface area contributed by atoms with Crippen molar-refractivity contribution >= 4 is 42.1 Å². The molecule has 0 bridgehead atoms. The van der Waals surface area contributed by atoms with Gasteiger partial charge in [0.05, 0.1) is 0 Å². The third-order valence-corrected chi connectivity index (χ3v) is 5.27. The maximum Gasteiger partial charge on any atom is 0.224 e. The van der Waals surface area contributed by atoms with Gasteiger partial charge < -0.3 is 16.0 Å². The second kappa shape index (κ2) is 10.9. The van der Waals surface area contributed by atoms with Crippen molar-refractivity contribution in [2.24, 2.45) is 11.7 Å². The van der Waals surface area contributed by atoms with Crippen LogP contribution in [0.1, 0.15) is 51.4 Å². The van der Waals surface area contributed by atoms with Crippen LogP contribution in [0, 0.1) is 5.92 Å². The van der Waals surface area contributed by atoms with Gasteiger partial charge in [-0.3, -0.25) is 4.79 Å². The highest BCUT2D eigenvalue weighted by molar-refractivity contribution is 5.91. The van der Waals surface area contributed by atoms with E-state index in [4.69, 9.17) is 5.73 Å². The minimum absolute atomic E-state index is 0. The highest BCUT2D eigenvalue weighted by atomic mass is 35.5. The van der Waals surface area contributed by atoms with Crippen molar-refractivity contribution < 1.29 is 4.79 Å². The summed E-state index contributed by atoms with van der Waals surface area (Å²) in [5.41, 5.74) is 8.20. The van der Waals surface area contributed by atoms with Crippen LogP contribution in [0.4, 0.5) is 11.4 Å². The number of nitrogens with two attached hydrogens (primary N) is 1. The predicted octanol–water partition coefficient (Wildman–Crippen LogP) is 4.37. The van der Waals surface area contributed by atoms with E-state index in [2.05, 4.69) is 22.3 Å². The fourth-order valence-corrected chi connectivity index (χ4v) is 3.88. The van der Waals surface area contributed by atoms with E-state index < -0.39 is 0 Å². The quantitative estimate of drug-likeness (QED) is 0.806. The summed E-state index contributed by atoms with van der Waals surface area (Å²) in [6.07, 6.45) is 9.03. The number of benzene rings is 1. The van der Waals surface area contributed by atoms with Gasteiger partial charge in [-0.1, -0.05) is 25.3 Å². The molecule has 0 unspecified atom stereocenters. The zero-order valence-electron chi connectivity index (χ0n) is 14.8. The Morgan fingerprint density at radius 3 is 2.44 bits per heavy atom. The monoisotopic (exact) mass is 387 g/mol. The lowest BCUT2D eigenvalue weighted by Crippen LogP contribution is -2.28. The van der Waals surface area contributed by atoms with Crippen LogP contribution in [-0.4, -0.2) is 25.0 Å². The van der Waals surface area contributed by atoms with E-state index in [0.717, 1.165) is 38.0 Å². The molecule has 2 aliphatic rings. The topological polar surface area (TPSA) is 58.4 Å². The summed E-state index contributed by atoms with van der Waals surface area (Å²) in [5.74, 6) is 0.448. The molecule has 1 saturated carbocycles. The highest BCUT2D eigenvalue weighted by Crippen LogP contribution is 2.28. The molecule has 1 saturated heterocycles. The zero-order valence-corrected chi connectivity index (χ0v) is 16.4. The molecule has 0 radical (unpaired) electrons. The molecule has 6 heteroatoms. The molecule has 3 N–H and O–H groups in total. The van der Waals surface area contributed by atoms with Crippen LogP contribution in [0.3, 0.4) is 0 Å². The Morgan fingerprint density at radius 1 is 1.08 bits per heavy atom.